The maximum atomic E-state index is 11.8. The van der Waals surface area contributed by atoms with Gasteiger partial charge in [0, 0.05) is 0 Å². The molecular formula is C14H14O6. The van der Waals surface area contributed by atoms with Crippen molar-refractivity contribution < 1.29 is 29.3 Å². The third-order valence-corrected chi connectivity index (χ3v) is 2.58. The van der Waals surface area contributed by atoms with Crippen LogP contribution in [-0.2, 0) is 9.53 Å². The molecule has 0 fully saturated rings. The van der Waals surface area contributed by atoms with Crippen LogP contribution in [0.25, 0.3) is 0 Å². The first-order valence-electron chi connectivity index (χ1n) is 5.68. The van der Waals surface area contributed by atoms with Crippen molar-refractivity contribution in [3.63, 3.8) is 0 Å². The number of benzene rings is 1. The molecule has 0 aliphatic rings. The highest BCUT2D eigenvalue weighted by molar-refractivity contribution is 6.02. The van der Waals surface area contributed by atoms with Crippen LogP contribution in [0.3, 0.4) is 0 Å². The normalized spacial score (nSPS) is 13.1. The van der Waals surface area contributed by atoms with E-state index in [0.29, 0.717) is 0 Å². The van der Waals surface area contributed by atoms with E-state index in [-0.39, 0.29) is 11.1 Å². The molecule has 6 heteroatoms. The standard InChI is InChI=1S/C14H14O6/c1-3-11(15)14(2,19)8-20-13(18)10-7-5-4-6-9(10)12(16)17/h3-7,19H,1,8H2,2H3,(H,16,17). The number of carboxylic acid groups (broad SMARTS) is 1. The zero-order valence-corrected chi connectivity index (χ0v) is 10.8. The highest BCUT2D eigenvalue weighted by atomic mass is 16.5. The van der Waals surface area contributed by atoms with Crippen LogP contribution in [0.1, 0.15) is 27.6 Å². The predicted molar refractivity (Wildman–Crippen MR) is 69.5 cm³/mol. The summed E-state index contributed by atoms with van der Waals surface area (Å²) in [7, 11) is 0. The number of hydrogen-bond donors (Lipinski definition) is 2. The lowest BCUT2D eigenvalue weighted by molar-refractivity contribution is -0.134. The Kier molecular flexibility index (Phi) is 4.77. The molecule has 0 radical (unpaired) electrons. The first kappa shape index (κ1) is 15.6. The second kappa shape index (κ2) is 6.12. The number of ketones is 1. The van der Waals surface area contributed by atoms with E-state index in [9.17, 15) is 19.5 Å². The number of aliphatic hydroxyl groups is 1. The van der Waals surface area contributed by atoms with E-state index < -0.39 is 29.9 Å². The van der Waals surface area contributed by atoms with Crippen molar-refractivity contribution in [3.05, 3.63) is 48.0 Å². The number of aromatic carboxylic acids is 1. The number of carbonyl (C=O) groups is 3. The van der Waals surface area contributed by atoms with Crippen molar-refractivity contribution in [1.29, 1.82) is 0 Å². The van der Waals surface area contributed by atoms with Crippen LogP contribution in [-0.4, -0.2) is 40.1 Å². The molecule has 6 nitrogen and oxygen atoms in total. The minimum Gasteiger partial charge on any atom is -0.478 e. The molecule has 106 valence electrons. The summed E-state index contributed by atoms with van der Waals surface area (Å²) < 4.78 is 4.79. The summed E-state index contributed by atoms with van der Waals surface area (Å²) in [5.41, 5.74) is -2.26. The monoisotopic (exact) mass is 278 g/mol. The van der Waals surface area contributed by atoms with Crippen molar-refractivity contribution in [3.8, 4) is 0 Å². The number of carbonyl (C=O) groups excluding carboxylic acids is 2. The Hall–Kier alpha value is -2.47. The van der Waals surface area contributed by atoms with E-state index in [1.54, 1.807) is 0 Å². The highest BCUT2D eigenvalue weighted by Crippen LogP contribution is 2.13. The molecule has 0 aromatic heterocycles. The lowest BCUT2D eigenvalue weighted by atomic mass is 10.0. The fourth-order valence-corrected chi connectivity index (χ4v) is 1.42. The van der Waals surface area contributed by atoms with Gasteiger partial charge < -0.3 is 14.9 Å². The van der Waals surface area contributed by atoms with Gasteiger partial charge in [-0.2, -0.15) is 0 Å². The molecule has 0 spiro atoms. The molecule has 0 amide bonds. The second-order valence-corrected chi connectivity index (χ2v) is 4.27. The van der Waals surface area contributed by atoms with Crippen LogP contribution in [0.4, 0.5) is 0 Å². The van der Waals surface area contributed by atoms with Crippen molar-refractivity contribution in [2.24, 2.45) is 0 Å². The Balaban J connectivity index is 2.86. The Bertz CT molecular complexity index is 559. The van der Waals surface area contributed by atoms with Gasteiger partial charge in [-0.25, -0.2) is 9.59 Å². The maximum absolute atomic E-state index is 11.8. The molecule has 1 aromatic carbocycles. The molecule has 1 aromatic rings. The van der Waals surface area contributed by atoms with E-state index in [4.69, 9.17) is 9.84 Å². The fourth-order valence-electron chi connectivity index (χ4n) is 1.42. The molecule has 1 unspecified atom stereocenters. The van der Waals surface area contributed by atoms with Crippen molar-refractivity contribution >= 4 is 17.7 Å². The Labute approximate surface area is 115 Å². The number of rotatable bonds is 6. The summed E-state index contributed by atoms with van der Waals surface area (Å²) in [6, 6.07) is 5.50. The number of hydrogen-bond acceptors (Lipinski definition) is 5. The summed E-state index contributed by atoms with van der Waals surface area (Å²) in [5.74, 6) is -2.90. The first-order chi connectivity index (χ1) is 9.29. The van der Waals surface area contributed by atoms with Gasteiger partial charge in [0.05, 0.1) is 11.1 Å². The number of carboxylic acids is 1. The molecule has 0 saturated carbocycles. The Morgan fingerprint density at radius 2 is 1.85 bits per heavy atom. The zero-order valence-electron chi connectivity index (χ0n) is 10.8. The summed E-state index contributed by atoms with van der Waals surface area (Å²) >= 11 is 0. The highest BCUT2D eigenvalue weighted by Gasteiger charge is 2.30. The van der Waals surface area contributed by atoms with Gasteiger partial charge in [-0.15, -0.1) is 0 Å². The van der Waals surface area contributed by atoms with Crippen molar-refractivity contribution in [1.82, 2.24) is 0 Å². The van der Waals surface area contributed by atoms with Gasteiger partial charge in [0.2, 0.25) is 0 Å². The topological polar surface area (TPSA) is 101 Å². The molecule has 0 saturated heterocycles. The van der Waals surface area contributed by atoms with Gasteiger partial charge in [-0.05, 0) is 25.1 Å². The molecule has 20 heavy (non-hydrogen) atoms. The smallest absolute Gasteiger partial charge is 0.339 e. The molecule has 1 rings (SSSR count). The minimum atomic E-state index is -1.89. The van der Waals surface area contributed by atoms with Crippen LogP contribution < -0.4 is 0 Å². The van der Waals surface area contributed by atoms with Crippen molar-refractivity contribution in [2.75, 3.05) is 6.61 Å². The van der Waals surface area contributed by atoms with Gasteiger partial charge in [-0.3, -0.25) is 4.79 Å². The van der Waals surface area contributed by atoms with E-state index >= 15 is 0 Å². The summed E-state index contributed by atoms with van der Waals surface area (Å²) in [6.07, 6.45) is 0.916. The summed E-state index contributed by atoms with van der Waals surface area (Å²) in [5, 5.41) is 18.7. The Morgan fingerprint density at radius 3 is 2.35 bits per heavy atom. The van der Waals surface area contributed by atoms with E-state index in [0.717, 1.165) is 6.08 Å². The minimum absolute atomic E-state index is 0.151. The van der Waals surface area contributed by atoms with Crippen LogP contribution in [0, 0.1) is 0 Å². The zero-order chi connectivity index (χ0) is 15.3. The Morgan fingerprint density at radius 1 is 1.30 bits per heavy atom. The fraction of sp³-hybridized carbons (Fsp3) is 0.214. The lowest BCUT2D eigenvalue weighted by Crippen LogP contribution is -2.39. The molecule has 0 bridgehead atoms. The average molecular weight is 278 g/mol. The molecular weight excluding hydrogens is 264 g/mol. The third kappa shape index (κ3) is 3.52. The van der Waals surface area contributed by atoms with Crippen LogP contribution in [0.2, 0.25) is 0 Å². The van der Waals surface area contributed by atoms with E-state index in [1.807, 2.05) is 0 Å². The molecule has 0 aliphatic heterocycles. The van der Waals surface area contributed by atoms with E-state index in [2.05, 4.69) is 6.58 Å². The summed E-state index contributed by atoms with van der Waals surface area (Å²) in [6.45, 7) is 3.80. The van der Waals surface area contributed by atoms with Crippen molar-refractivity contribution in [2.45, 2.75) is 12.5 Å². The molecule has 0 aliphatic carbocycles. The van der Waals surface area contributed by atoms with Gasteiger partial charge in [-0.1, -0.05) is 18.7 Å². The SMILES string of the molecule is C=CC(=O)C(C)(O)COC(=O)c1ccccc1C(=O)O. The number of esters is 1. The van der Waals surface area contributed by atoms with Gasteiger partial charge >= 0.3 is 11.9 Å². The third-order valence-electron chi connectivity index (χ3n) is 2.58. The van der Waals surface area contributed by atoms with E-state index in [1.165, 1.54) is 31.2 Å². The maximum Gasteiger partial charge on any atom is 0.339 e. The molecule has 0 heterocycles. The van der Waals surface area contributed by atoms with Gasteiger partial charge in [0.15, 0.2) is 11.4 Å². The average Bonchev–Trinajstić information content (AvgIpc) is 2.43. The summed E-state index contributed by atoms with van der Waals surface area (Å²) in [4.78, 5) is 34.1. The quantitative estimate of drug-likeness (QED) is 0.595. The van der Waals surface area contributed by atoms with Gasteiger partial charge in [0.25, 0.3) is 0 Å². The molecule has 2 N–H and O–H groups in total. The largest absolute Gasteiger partial charge is 0.478 e. The van der Waals surface area contributed by atoms with Crippen LogP contribution in [0.5, 0.6) is 0 Å². The first-order valence-corrected chi connectivity index (χ1v) is 5.68. The molecule has 1 atom stereocenters. The second-order valence-electron chi connectivity index (χ2n) is 4.27. The van der Waals surface area contributed by atoms with Gasteiger partial charge in [0.1, 0.15) is 6.61 Å². The number of ether oxygens (including phenoxy) is 1. The predicted octanol–water partition coefficient (Wildman–Crippen LogP) is 1.05. The van der Waals surface area contributed by atoms with Crippen LogP contribution in [0.15, 0.2) is 36.9 Å². The van der Waals surface area contributed by atoms with Crippen LogP contribution >= 0.6 is 0 Å². The lowest BCUT2D eigenvalue weighted by Gasteiger charge is -2.19.